The molecule has 3 amide bonds. The Hall–Kier alpha value is -3.02. The second kappa shape index (κ2) is 7.31. The highest BCUT2D eigenvalue weighted by molar-refractivity contribution is 5.97. The number of hydrazine groups is 1. The van der Waals surface area contributed by atoms with E-state index >= 15 is 0 Å². The second-order valence-electron chi connectivity index (χ2n) is 5.09. The molecule has 0 fully saturated rings. The molecular formula is C17H20N4O2. The van der Waals surface area contributed by atoms with E-state index in [1.54, 1.807) is 29.3 Å². The van der Waals surface area contributed by atoms with Gasteiger partial charge in [-0.15, -0.1) is 0 Å². The molecule has 2 aromatic carbocycles. The lowest BCUT2D eigenvalue weighted by molar-refractivity contribution is 0.0949. The van der Waals surface area contributed by atoms with E-state index in [1.807, 2.05) is 38.1 Å². The average Bonchev–Trinajstić information content (AvgIpc) is 2.53. The van der Waals surface area contributed by atoms with Gasteiger partial charge in [0.15, 0.2) is 0 Å². The standard InChI is InChI=1S/C17H20N4O2/c1-3-21(15-9-7-12(2)8-10-15)20-16(22)13-5-4-6-14(11-13)19-17(18)23/h4-11H,3H2,1-2H3,(H,20,22)(H3,18,19,23). The van der Waals surface area contributed by atoms with Gasteiger partial charge in [0.2, 0.25) is 0 Å². The number of benzene rings is 2. The number of nitrogens with one attached hydrogen (secondary N) is 2. The minimum absolute atomic E-state index is 0.263. The van der Waals surface area contributed by atoms with Gasteiger partial charge in [-0.25, -0.2) is 4.79 Å². The first kappa shape index (κ1) is 16.4. The van der Waals surface area contributed by atoms with Gasteiger partial charge >= 0.3 is 6.03 Å². The number of anilines is 2. The maximum Gasteiger partial charge on any atom is 0.316 e. The van der Waals surface area contributed by atoms with Crippen LogP contribution in [0.15, 0.2) is 48.5 Å². The van der Waals surface area contributed by atoms with Gasteiger partial charge in [-0.1, -0.05) is 23.8 Å². The predicted molar refractivity (Wildman–Crippen MR) is 91.3 cm³/mol. The lowest BCUT2D eigenvalue weighted by atomic mass is 10.2. The Bertz CT molecular complexity index is 698. The zero-order valence-corrected chi connectivity index (χ0v) is 13.2. The number of amides is 3. The van der Waals surface area contributed by atoms with E-state index in [1.165, 1.54) is 0 Å². The molecule has 0 spiro atoms. The molecule has 23 heavy (non-hydrogen) atoms. The lowest BCUT2D eigenvalue weighted by Crippen LogP contribution is -2.42. The van der Waals surface area contributed by atoms with Crippen molar-refractivity contribution in [3.05, 3.63) is 59.7 Å². The predicted octanol–water partition coefficient (Wildman–Crippen LogP) is 2.66. The number of aryl methyl sites for hydroxylation is 1. The topological polar surface area (TPSA) is 87.5 Å². The van der Waals surface area contributed by atoms with Crippen LogP contribution in [0.1, 0.15) is 22.8 Å². The second-order valence-corrected chi connectivity index (χ2v) is 5.09. The van der Waals surface area contributed by atoms with Crippen molar-refractivity contribution >= 4 is 23.3 Å². The Labute approximate surface area is 135 Å². The van der Waals surface area contributed by atoms with Gasteiger partial charge in [-0.3, -0.25) is 15.2 Å². The van der Waals surface area contributed by atoms with Gasteiger partial charge in [0.05, 0.1) is 5.69 Å². The van der Waals surface area contributed by atoms with Gasteiger partial charge in [-0.2, -0.15) is 0 Å². The smallest absolute Gasteiger partial charge is 0.316 e. The molecule has 2 rings (SSSR count). The molecule has 120 valence electrons. The summed E-state index contributed by atoms with van der Waals surface area (Å²) in [6.45, 7) is 4.58. The summed E-state index contributed by atoms with van der Waals surface area (Å²) in [6.07, 6.45) is 0. The van der Waals surface area contributed by atoms with Gasteiger partial charge in [0, 0.05) is 17.8 Å². The van der Waals surface area contributed by atoms with Crippen LogP contribution in [0.25, 0.3) is 0 Å². The maximum atomic E-state index is 12.4. The Morgan fingerprint density at radius 2 is 1.83 bits per heavy atom. The molecule has 0 heterocycles. The van der Waals surface area contributed by atoms with E-state index in [0.29, 0.717) is 17.8 Å². The van der Waals surface area contributed by atoms with E-state index in [4.69, 9.17) is 5.73 Å². The maximum absolute atomic E-state index is 12.4. The number of rotatable bonds is 5. The van der Waals surface area contributed by atoms with Crippen LogP contribution in [0.3, 0.4) is 0 Å². The summed E-state index contributed by atoms with van der Waals surface area (Å²) >= 11 is 0. The van der Waals surface area contributed by atoms with Gasteiger partial charge < -0.3 is 11.1 Å². The molecule has 4 N–H and O–H groups in total. The molecule has 0 radical (unpaired) electrons. The molecule has 0 aliphatic heterocycles. The van der Waals surface area contributed by atoms with Gasteiger partial charge in [0.1, 0.15) is 0 Å². The van der Waals surface area contributed by atoms with Crippen LogP contribution in [-0.2, 0) is 0 Å². The molecule has 0 aliphatic rings. The number of nitrogens with zero attached hydrogens (tertiary/aromatic N) is 1. The minimum Gasteiger partial charge on any atom is -0.351 e. The minimum atomic E-state index is -0.669. The molecule has 0 saturated heterocycles. The van der Waals surface area contributed by atoms with Crippen LogP contribution < -0.4 is 21.5 Å². The summed E-state index contributed by atoms with van der Waals surface area (Å²) in [5.41, 5.74) is 10.9. The third kappa shape index (κ3) is 4.47. The molecule has 6 nitrogen and oxygen atoms in total. The molecule has 0 saturated carbocycles. The Morgan fingerprint density at radius 3 is 2.43 bits per heavy atom. The van der Waals surface area contributed by atoms with Crippen molar-refractivity contribution in [2.24, 2.45) is 5.73 Å². The zero-order valence-electron chi connectivity index (χ0n) is 13.2. The van der Waals surface area contributed by atoms with E-state index in [2.05, 4.69) is 10.7 Å². The summed E-state index contributed by atoms with van der Waals surface area (Å²) < 4.78 is 0. The Morgan fingerprint density at radius 1 is 1.13 bits per heavy atom. The number of urea groups is 1. The normalized spacial score (nSPS) is 10.0. The van der Waals surface area contributed by atoms with Crippen LogP contribution in [0.5, 0.6) is 0 Å². The van der Waals surface area contributed by atoms with Crippen molar-refractivity contribution < 1.29 is 9.59 Å². The van der Waals surface area contributed by atoms with Crippen molar-refractivity contribution in [2.45, 2.75) is 13.8 Å². The first-order chi connectivity index (χ1) is 11.0. The quantitative estimate of drug-likeness (QED) is 0.742. The number of carbonyl (C=O) groups excluding carboxylic acids is 2. The highest BCUT2D eigenvalue weighted by Crippen LogP contribution is 2.14. The fourth-order valence-electron chi connectivity index (χ4n) is 2.12. The Kier molecular flexibility index (Phi) is 5.19. The molecular weight excluding hydrogens is 292 g/mol. The first-order valence-electron chi connectivity index (χ1n) is 7.31. The molecule has 2 aromatic rings. The number of nitrogens with two attached hydrogens (primary N) is 1. The molecule has 0 aliphatic carbocycles. The fraction of sp³-hybridized carbons (Fsp3) is 0.176. The highest BCUT2D eigenvalue weighted by atomic mass is 16.2. The van der Waals surface area contributed by atoms with Crippen molar-refractivity contribution in [1.82, 2.24) is 5.43 Å². The Balaban J connectivity index is 2.13. The van der Waals surface area contributed by atoms with Crippen molar-refractivity contribution in [3.8, 4) is 0 Å². The third-order valence-corrected chi connectivity index (χ3v) is 3.29. The monoisotopic (exact) mass is 312 g/mol. The number of hydrogen-bond acceptors (Lipinski definition) is 3. The zero-order chi connectivity index (χ0) is 16.8. The lowest BCUT2D eigenvalue weighted by Gasteiger charge is -2.24. The fourth-order valence-corrected chi connectivity index (χ4v) is 2.12. The van der Waals surface area contributed by atoms with E-state index < -0.39 is 6.03 Å². The van der Waals surface area contributed by atoms with Crippen LogP contribution in [0.2, 0.25) is 0 Å². The highest BCUT2D eigenvalue weighted by Gasteiger charge is 2.11. The summed E-state index contributed by atoms with van der Waals surface area (Å²) in [7, 11) is 0. The summed E-state index contributed by atoms with van der Waals surface area (Å²) in [5.74, 6) is -0.263. The van der Waals surface area contributed by atoms with Crippen molar-refractivity contribution in [1.29, 1.82) is 0 Å². The van der Waals surface area contributed by atoms with E-state index in [-0.39, 0.29) is 5.91 Å². The SMILES string of the molecule is CCN(NC(=O)c1cccc(NC(N)=O)c1)c1ccc(C)cc1. The van der Waals surface area contributed by atoms with Crippen LogP contribution in [-0.4, -0.2) is 18.5 Å². The molecule has 0 aromatic heterocycles. The molecule has 0 atom stereocenters. The summed E-state index contributed by atoms with van der Waals surface area (Å²) in [4.78, 5) is 23.3. The molecule has 0 unspecified atom stereocenters. The summed E-state index contributed by atoms with van der Waals surface area (Å²) in [6, 6.07) is 13.8. The number of carbonyl (C=O) groups is 2. The van der Waals surface area contributed by atoms with Crippen LogP contribution in [0, 0.1) is 6.92 Å². The van der Waals surface area contributed by atoms with E-state index in [0.717, 1.165) is 11.3 Å². The van der Waals surface area contributed by atoms with Crippen molar-refractivity contribution in [3.63, 3.8) is 0 Å². The number of hydrogen-bond donors (Lipinski definition) is 3. The average molecular weight is 312 g/mol. The van der Waals surface area contributed by atoms with Gasteiger partial charge in [0.25, 0.3) is 5.91 Å². The van der Waals surface area contributed by atoms with Crippen LogP contribution >= 0.6 is 0 Å². The van der Waals surface area contributed by atoms with Crippen molar-refractivity contribution in [2.75, 3.05) is 16.9 Å². The van der Waals surface area contributed by atoms with Gasteiger partial charge in [-0.05, 0) is 44.2 Å². The number of primary amides is 1. The summed E-state index contributed by atoms with van der Waals surface area (Å²) in [5, 5.41) is 4.21. The molecule has 0 bridgehead atoms. The first-order valence-corrected chi connectivity index (χ1v) is 7.31. The van der Waals surface area contributed by atoms with E-state index in [9.17, 15) is 9.59 Å². The molecule has 6 heteroatoms. The van der Waals surface area contributed by atoms with Crippen LogP contribution in [0.4, 0.5) is 16.2 Å². The third-order valence-electron chi connectivity index (χ3n) is 3.29. The largest absolute Gasteiger partial charge is 0.351 e.